The SMILES string of the molecule is COC1CCC(n2c(C)nc3cc(-c4c(C)noc4C)ccc32)CC1. The fourth-order valence-corrected chi connectivity index (χ4v) is 4.27. The van der Waals surface area contributed by atoms with Crippen molar-refractivity contribution in [3.8, 4) is 11.1 Å². The highest BCUT2D eigenvalue weighted by Gasteiger charge is 2.25. The molecule has 0 spiro atoms. The van der Waals surface area contributed by atoms with Crippen LogP contribution in [0.1, 0.15) is 49.0 Å². The molecule has 3 aromatic rings. The summed E-state index contributed by atoms with van der Waals surface area (Å²) in [5, 5.41) is 4.07. The Kier molecular flexibility index (Phi) is 4.12. The molecule has 2 aromatic heterocycles. The molecule has 25 heavy (non-hydrogen) atoms. The van der Waals surface area contributed by atoms with Crippen molar-refractivity contribution in [2.24, 2.45) is 0 Å². The topological polar surface area (TPSA) is 53.1 Å². The maximum absolute atomic E-state index is 5.51. The van der Waals surface area contributed by atoms with Crippen molar-refractivity contribution in [2.45, 2.75) is 58.6 Å². The van der Waals surface area contributed by atoms with Crippen LogP contribution in [0.25, 0.3) is 22.2 Å². The smallest absolute Gasteiger partial charge is 0.141 e. The summed E-state index contributed by atoms with van der Waals surface area (Å²) in [7, 11) is 1.82. The Morgan fingerprint density at radius 1 is 1.12 bits per heavy atom. The van der Waals surface area contributed by atoms with E-state index in [-0.39, 0.29) is 0 Å². The fraction of sp³-hybridized carbons (Fsp3) is 0.500. The number of aryl methyl sites for hydroxylation is 3. The number of hydrogen-bond donors (Lipinski definition) is 0. The highest BCUT2D eigenvalue weighted by atomic mass is 16.5. The van der Waals surface area contributed by atoms with E-state index < -0.39 is 0 Å². The molecule has 2 heterocycles. The minimum atomic E-state index is 0.414. The van der Waals surface area contributed by atoms with Gasteiger partial charge in [0.2, 0.25) is 0 Å². The lowest BCUT2D eigenvalue weighted by Crippen LogP contribution is -2.23. The Morgan fingerprint density at radius 3 is 2.52 bits per heavy atom. The number of hydrogen-bond acceptors (Lipinski definition) is 4. The van der Waals surface area contributed by atoms with Crippen LogP contribution in [-0.2, 0) is 4.74 Å². The van der Waals surface area contributed by atoms with Gasteiger partial charge < -0.3 is 13.8 Å². The van der Waals surface area contributed by atoms with E-state index in [9.17, 15) is 0 Å². The molecule has 0 bridgehead atoms. The summed E-state index contributed by atoms with van der Waals surface area (Å²) in [4.78, 5) is 4.84. The first-order chi connectivity index (χ1) is 12.1. The molecule has 1 fully saturated rings. The van der Waals surface area contributed by atoms with E-state index in [0.29, 0.717) is 12.1 Å². The van der Waals surface area contributed by atoms with Crippen LogP contribution >= 0.6 is 0 Å². The van der Waals surface area contributed by atoms with E-state index in [4.69, 9.17) is 14.2 Å². The van der Waals surface area contributed by atoms with E-state index >= 15 is 0 Å². The number of imidazole rings is 1. The largest absolute Gasteiger partial charge is 0.381 e. The molecule has 1 saturated carbocycles. The molecule has 5 nitrogen and oxygen atoms in total. The third-order valence-electron chi connectivity index (χ3n) is 5.53. The van der Waals surface area contributed by atoms with Crippen LogP contribution < -0.4 is 0 Å². The van der Waals surface area contributed by atoms with Gasteiger partial charge in [-0.15, -0.1) is 0 Å². The molecule has 132 valence electrons. The molecule has 0 saturated heterocycles. The number of methoxy groups -OCH3 is 1. The van der Waals surface area contributed by atoms with Crippen molar-refractivity contribution in [2.75, 3.05) is 7.11 Å². The van der Waals surface area contributed by atoms with E-state index in [1.54, 1.807) is 0 Å². The zero-order valence-corrected chi connectivity index (χ0v) is 15.4. The normalized spacial score (nSPS) is 21.1. The Balaban J connectivity index is 1.72. The molecular formula is C20H25N3O2. The molecule has 1 aromatic carbocycles. The Morgan fingerprint density at radius 2 is 1.88 bits per heavy atom. The summed E-state index contributed by atoms with van der Waals surface area (Å²) in [6, 6.07) is 7.03. The van der Waals surface area contributed by atoms with Gasteiger partial charge >= 0.3 is 0 Å². The molecule has 0 unspecified atom stereocenters. The van der Waals surface area contributed by atoms with Crippen molar-refractivity contribution in [1.29, 1.82) is 0 Å². The molecule has 5 heteroatoms. The van der Waals surface area contributed by atoms with Gasteiger partial charge in [0.15, 0.2) is 0 Å². The highest BCUT2D eigenvalue weighted by molar-refractivity contribution is 5.83. The number of aromatic nitrogens is 3. The average molecular weight is 339 g/mol. The number of fused-ring (bicyclic) bond motifs is 1. The first-order valence-electron chi connectivity index (χ1n) is 9.03. The second-order valence-electron chi connectivity index (χ2n) is 7.10. The minimum absolute atomic E-state index is 0.414. The van der Waals surface area contributed by atoms with Crippen molar-refractivity contribution in [3.05, 3.63) is 35.5 Å². The number of rotatable bonds is 3. The lowest BCUT2D eigenvalue weighted by atomic mass is 9.92. The van der Waals surface area contributed by atoms with Crippen molar-refractivity contribution < 1.29 is 9.26 Å². The van der Waals surface area contributed by atoms with Gasteiger partial charge in [-0.2, -0.15) is 0 Å². The van der Waals surface area contributed by atoms with Crippen LogP contribution in [0.5, 0.6) is 0 Å². The molecule has 0 radical (unpaired) electrons. The predicted octanol–water partition coefficient (Wildman–Crippen LogP) is 4.75. The second-order valence-corrected chi connectivity index (χ2v) is 7.10. The Bertz CT molecular complexity index is 882. The van der Waals surface area contributed by atoms with Crippen LogP contribution in [-0.4, -0.2) is 27.9 Å². The van der Waals surface area contributed by atoms with Gasteiger partial charge in [0.05, 0.1) is 22.8 Å². The van der Waals surface area contributed by atoms with Crippen LogP contribution in [0, 0.1) is 20.8 Å². The molecule has 0 atom stereocenters. The Labute approximate surface area is 148 Å². The fourth-order valence-electron chi connectivity index (χ4n) is 4.27. The molecule has 1 aliphatic rings. The van der Waals surface area contributed by atoms with E-state index in [2.05, 4.69) is 34.8 Å². The summed E-state index contributed by atoms with van der Waals surface area (Å²) in [6.45, 7) is 6.05. The first-order valence-corrected chi connectivity index (χ1v) is 9.03. The average Bonchev–Trinajstić information content (AvgIpc) is 3.12. The first kappa shape index (κ1) is 16.3. The zero-order chi connectivity index (χ0) is 17.6. The monoisotopic (exact) mass is 339 g/mol. The van der Waals surface area contributed by atoms with E-state index in [1.165, 1.54) is 5.52 Å². The van der Waals surface area contributed by atoms with Crippen molar-refractivity contribution in [3.63, 3.8) is 0 Å². The van der Waals surface area contributed by atoms with Crippen molar-refractivity contribution >= 4 is 11.0 Å². The summed E-state index contributed by atoms with van der Waals surface area (Å²) in [5.41, 5.74) is 5.38. The quantitative estimate of drug-likeness (QED) is 0.691. The molecule has 1 aliphatic carbocycles. The summed E-state index contributed by atoms with van der Waals surface area (Å²) < 4.78 is 13.2. The van der Waals surface area contributed by atoms with Crippen LogP contribution in [0.4, 0.5) is 0 Å². The van der Waals surface area contributed by atoms with Gasteiger partial charge in [0, 0.05) is 18.7 Å². The molecule has 0 N–H and O–H groups in total. The van der Waals surface area contributed by atoms with Gasteiger partial charge in [-0.1, -0.05) is 11.2 Å². The second kappa shape index (κ2) is 6.30. The van der Waals surface area contributed by atoms with Crippen molar-refractivity contribution in [1.82, 2.24) is 14.7 Å². The third kappa shape index (κ3) is 2.76. The highest BCUT2D eigenvalue weighted by Crippen LogP contribution is 2.35. The molecule has 4 rings (SSSR count). The number of nitrogens with zero attached hydrogens (tertiary/aromatic N) is 3. The van der Waals surface area contributed by atoms with E-state index in [0.717, 1.165) is 59.6 Å². The lowest BCUT2D eigenvalue weighted by molar-refractivity contribution is 0.0587. The molecular weight excluding hydrogens is 314 g/mol. The maximum Gasteiger partial charge on any atom is 0.141 e. The van der Waals surface area contributed by atoms with Gasteiger partial charge in [0.25, 0.3) is 0 Å². The summed E-state index contributed by atoms with van der Waals surface area (Å²) in [5.74, 6) is 1.94. The lowest BCUT2D eigenvalue weighted by Gasteiger charge is -2.29. The standard InChI is InChI=1S/C20H25N3O2/c1-12-20(13(2)25-22-12)15-5-10-19-18(11-15)21-14(3)23(19)16-6-8-17(24-4)9-7-16/h5,10-11,16-17H,6-9H2,1-4H3. The van der Waals surface area contributed by atoms with Crippen LogP contribution in [0.3, 0.4) is 0 Å². The van der Waals surface area contributed by atoms with Gasteiger partial charge in [0.1, 0.15) is 11.6 Å². The number of ether oxygens (including phenoxy) is 1. The maximum atomic E-state index is 5.51. The van der Waals surface area contributed by atoms with Crippen LogP contribution in [0.15, 0.2) is 22.7 Å². The molecule has 0 aliphatic heterocycles. The number of benzene rings is 1. The van der Waals surface area contributed by atoms with Gasteiger partial charge in [-0.05, 0) is 64.2 Å². The summed E-state index contributed by atoms with van der Waals surface area (Å²) in [6.07, 6.45) is 4.96. The minimum Gasteiger partial charge on any atom is -0.381 e. The predicted molar refractivity (Wildman–Crippen MR) is 97.7 cm³/mol. The van der Waals surface area contributed by atoms with Gasteiger partial charge in [-0.25, -0.2) is 4.98 Å². The van der Waals surface area contributed by atoms with Crippen LogP contribution in [0.2, 0.25) is 0 Å². The van der Waals surface area contributed by atoms with E-state index in [1.807, 2.05) is 21.0 Å². The third-order valence-corrected chi connectivity index (χ3v) is 5.53. The molecule has 0 amide bonds. The van der Waals surface area contributed by atoms with Gasteiger partial charge in [-0.3, -0.25) is 0 Å². The Hall–Kier alpha value is -2.14. The summed E-state index contributed by atoms with van der Waals surface area (Å²) >= 11 is 0. The zero-order valence-electron chi connectivity index (χ0n) is 15.4.